The molecule has 1 N–H and O–H groups in total. The molecular formula is C17H21FN2O2. The lowest BCUT2D eigenvalue weighted by atomic mass is 9.98. The van der Waals surface area contributed by atoms with E-state index in [0.29, 0.717) is 13.1 Å². The van der Waals surface area contributed by atoms with Gasteiger partial charge in [0.05, 0.1) is 0 Å². The molecule has 1 aliphatic carbocycles. The summed E-state index contributed by atoms with van der Waals surface area (Å²) in [7, 11) is 0. The van der Waals surface area contributed by atoms with E-state index in [1.54, 1.807) is 17.0 Å². The molecule has 1 aromatic carbocycles. The lowest BCUT2D eigenvalue weighted by Crippen LogP contribution is -2.59. The fourth-order valence-electron chi connectivity index (χ4n) is 3.35. The minimum absolute atomic E-state index is 0.0582. The summed E-state index contributed by atoms with van der Waals surface area (Å²) in [6, 6.07) is 5.98. The number of nitrogens with one attached hydrogen (secondary N) is 1. The van der Waals surface area contributed by atoms with Crippen molar-refractivity contribution in [2.24, 2.45) is 11.8 Å². The average molecular weight is 304 g/mol. The van der Waals surface area contributed by atoms with Gasteiger partial charge in [-0.3, -0.25) is 9.59 Å². The van der Waals surface area contributed by atoms with Crippen LogP contribution in [0.3, 0.4) is 0 Å². The molecule has 1 heterocycles. The van der Waals surface area contributed by atoms with E-state index in [9.17, 15) is 14.0 Å². The molecule has 1 saturated heterocycles. The van der Waals surface area contributed by atoms with Gasteiger partial charge in [-0.05, 0) is 36.0 Å². The van der Waals surface area contributed by atoms with Gasteiger partial charge in [-0.2, -0.15) is 0 Å². The number of nitrogens with zero attached hydrogens (tertiary/aromatic N) is 1. The second kappa shape index (κ2) is 5.71. The average Bonchev–Trinajstić information content (AvgIpc) is 3.27. The van der Waals surface area contributed by atoms with Gasteiger partial charge in [-0.1, -0.05) is 26.0 Å². The summed E-state index contributed by atoms with van der Waals surface area (Å²) in [6.07, 6.45) is 0.785. The number of carbonyl (C=O) groups excluding carboxylic acids is 2. The molecule has 0 bridgehead atoms. The van der Waals surface area contributed by atoms with Crippen molar-refractivity contribution in [1.29, 1.82) is 0 Å². The molecule has 0 aromatic heterocycles. The van der Waals surface area contributed by atoms with Crippen LogP contribution in [-0.2, 0) is 9.59 Å². The molecule has 118 valence electrons. The number of halogens is 1. The van der Waals surface area contributed by atoms with Crippen LogP contribution in [0.4, 0.5) is 4.39 Å². The molecule has 2 fully saturated rings. The monoisotopic (exact) mass is 304 g/mol. The van der Waals surface area contributed by atoms with Crippen LogP contribution in [0.1, 0.15) is 31.7 Å². The lowest BCUT2D eigenvalue weighted by molar-refractivity contribution is -0.146. The number of amides is 2. The Kier molecular flexibility index (Phi) is 3.89. The number of carbonyl (C=O) groups is 2. The van der Waals surface area contributed by atoms with Gasteiger partial charge in [0, 0.05) is 19.0 Å². The zero-order valence-electron chi connectivity index (χ0n) is 12.9. The molecule has 3 rings (SSSR count). The Balaban J connectivity index is 1.72. The molecule has 0 spiro atoms. The Bertz CT molecular complexity index is 585. The van der Waals surface area contributed by atoms with Gasteiger partial charge in [-0.25, -0.2) is 4.39 Å². The molecule has 1 saturated carbocycles. The van der Waals surface area contributed by atoms with E-state index in [1.807, 2.05) is 13.8 Å². The van der Waals surface area contributed by atoms with Crippen molar-refractivity contribution in [3.05, 3.63) is 35.6 Å². The van der Waals surface area contributed by atoms with Crippen LogP contribution in [0.15, 0.2) is 24.3 Å². The number of rotatable bonds is 3. The van der Waals surface area contributed by atoms with Gasteiger partial charge in [0.25, 0.3) is 0 Å². The third-order valence-electron chi connectivity index (χ3n) is 4.58. The van der Waals surface area contributed by atoms with Crippen molar-refractivity contribution in [2.45, 2.75) is 32.2 Å². The molecule has 22 heavy (non-hydrogen) atoms. The third-order valence-corrected chi connectivity index (χ3v) is 4.58. The molecule has 0 radical (unpaired) electrons. The highest BCUT2D eigenvalue weighted by Crippen LogP contribution is 2.48. The third kappa shape index (κ3) is 2.72. The maximum atomic E-state index is 13.0. The van der Waals surface area contributed by atoms with Gasteiger partial charge in [0.1, 0.15) is 11.9 Å². The van der Waals surface area contributed by atoms with Gasteiger partial charge < -0.3 is 10.2 Å². The summed E-state index contributed by atoms with van der Waals surface area (Å²) in [6.45, 7) is 5.00. The molecule has 5 heteroatoms. The Morgan fingerprint density at radius 1 is 1.32 bits per heavy atom. The summed E-state index contributed by atoms with van der Waals surface area (Å²) in [5, 5.41) is 2.83. The Hall–Kier alpha value is -1.91. The molecule has 2 aliphatic rings. The number of piperazine rings is 1. The van der Waals surface area contributed by atoms with Gasteiger partial charge in [0.2, 0.25) is 11.8 Å². The number of benzene rings is 1. The maximum absolute atomic E-state index is 13.0. The van der Waals surface area contributed by atoms with Crippen LogP contribution >= 0.6 is 0 Å². The molecule has 2 amide bonds. The van der Waals surface area contributed by atoms with Gasteiger partial charge in [-0.15, -0.1) is 0 Å². The fourth-order valence-corrected chi connectivity index (χ4v) is 3.35. The van der Waals surface area contributed by atoms with E-state index in [0.717, 1.165) is 12.0 Å². The number of hydrogen-bond acceptors (Lipinski definition) is 2. The van der Waals surface area contributed by atoms with E-state index in [2.05, 4.69) is 5.32 Å². The summed E-state index contributed by atoms with van der Waals surface area (Å²) in [5.74, 6) is -0.0907. The zero-order chi connectivity index (χ0) is 15.9. The quantitative estimate of drug-likeness (QED) is 0.927. The minimum atomic E-state index is -0.379. The molecule has 1 aliphatic heterocycles. The summed E-state index contributed by atoms with van der Waals surface area (Å²) in [4.78, 5) is 26.5. The zero-order valence-corrected chi connectivity index (χ0v) is 12.9. The highest BCUT2D eigenvalue weighted by atomic mass is 19.1. The Morgan fingerprint density at radius 2 is 2.00 bits per heavy atom. The predicted molar refractivity (Wildman–Crippen MR) is 80.6 cm³/mol. The highest BCUT2D eigenvalue weighted by molar-refractivity contribution is 5.91. The fraction of sp³-hybridized carbons (Fsp3) is 0.529. The van der Waals surface area contributed by atoms with Gasteiger partial charge >= 0.3 is 0 Å². The first-order valence-corrected chi connectivity index (χ1v) is 7.82. The lowest BCUT2D eigenvalue weighted by Gasteiger charge is -2.37. The maximum Gasteiger partial charge on any atom is 0.243 e. The molecule has 4 nitrogen and oxygen atoms in total. The first-order valence-electron chi connectivity index (χ1n) is 7.82. The summed E-state index contributed by atoms with van der Waals surface area (Å²) in [5.41, 5.74) is 1.00. The topological polar surface area (TPSA) is 49.4 Å². The van der Waals surface area contributed by atoms with Crippen molar-refractivity contribution >= 4 is 11.8 Å². The second-order valence-corrected chi connectivity index (χ2v) is 6.51. The summed E-state index contributed by atoms with van der Waals surface area (Å²) >= 11 is 0. The Morgan fingerprint density at radius 3 is 2.64 bits per heavy atom. The van der Waals surface area contributed by atoms with E-state index in [4.69, 9.17) is 0 Å². The molecule has 0 unspecified atom stereocenters. The van der Waals surface area contributed by atoms with Crippen LogP contribution in [0.5, 0.6) is 0 Å². The molecule has 3 atom stereocenters. The van der Waals surface area contributed by atoms with Crippen LogP contribution in [-0.4, -0.2) is 35.8 Å². The number of hydrogen-bond donors (Lipinski definition) is 1. The first-order chi connectivity index (χ1) is 10.5. The van der Waals surface area contributed by atoms with Crippen molar-refractivity contribution in [1.82, 2.24) is 10.2 Å². The van der Waals surface area contributed by atoms with E-state index >= 15 is 0 Å². The van der Waals surface area contributed by atoms with E-state index < -0.39 is 0 Å². The molecular weight excluding hydrogens is 283 g/mol. The molecule has 1 aromatic rings. The van der Waals surface area contributed by atoms with Crippen molar-refractivity contribution < 1.29 is 14.0 Å². The van der Waals surface area contributed by atoms with E-state index in [1.165, 1.54) is 12.1 Å². The van der Waals surface area contributed by atoms with E-state index in [-0.39, 0.29) is 41.4 Å². The van der Waals surface area contributed by atoms with Crippen LogP contribution in [0, 0.1) is 17.7 Å². The predicted octanol–water partition coefficient (Wildman–Crippen LogP) is 1.91. The Labute approximate surface area is 129 Å². The van der Waals surface area contributed by atoms with Crippen molar-refractivity contribution in [3.63, 3.8) is 0 Å². The van der Waals surface area contributed by atoms with Crippen molar-refractivity contribution in [2.75, 3.05) is 13.1 Å². The largest absolute Gasteiger partial charge is 0.353 e. The van der Waals surface area contributed by atoms with Crippen LogP contribution < -0.4 is 5.32 Å². The SMILES string of the molecule is CC(C)[C@@H]1C(=O)NCCN1C(=O)[C@@H]1C[C@@H]1c1ccc(F)cc1. The normalized spacial score (nSPS) is 27.7. The van der Waals surface area contributed by atoms with Crippen LogP contribution in [0.25, 0.3) is 0 Å². The van der Waals surface area contributed by atoms with Crippen molar-refractivity contribution in [3.8, 4) is 0 Å². The summed E-state index contributed by atoms with van der Waals surface area (Å²) < 4.78 is 13.0. The smallest absolute Gasteiger partial charge is 0.243 e. The van der Waals surface area contributed by atoms with Crippen LogP contribution in [0.2, 0.25) is 0 Å². The highest BCUT2D eigenvalue weighted by Gasteiger charge is 2.48. The van der Waals surface area contributed by atoms with Gasteiger partial charge in [0.15, 0.2) is 0 Å². The standard InChI is InChI=1S/C17H21FN2O2/c1-10(2)15-16(21)19-7-8-20(15)17(22)14-9-13(14)11-3-5-12(18)6-4-11/h3-6,10,13-15H,7-9H2,1-2H3,(H,19,21)/t13-,14-,15-/m1/s1. The second-order valence-electron chi connectivity index (χ2n) is 6.51. The first kappa shape index (κ1) is 15.0. The minimum Gasteiger partial charge on any atom is -0.353 e.